The first-order chi connectivity index (χ1) is 8.25. The highest BCUT2D eigenvalue weighted by Crippen LogP contribution is 2.28. The predicted octanol–water partition coefficient (Wildman–Crippen LogP) is 2.35. The molecule has 1 aromatic rings. The van der Waals surface area contributed by atoms with Crippen molar-refractivity contribution in [3.63, 3.8) is 0 Å². The molecule has 1 rings (SSSR count). The normalized spacial score (nSPS) is 13.3. The van der Waals surface area contributed by atoms with Crippen molar-refractivity contribution in [2.75, 3.05) is 5.75 Å². The molecule has 0 saturated heterocycles. The molecule has 0 saturated carbocycles. The van der Waals surface area contributed by atoms with Gasteiger partial charge in [-0.1, -0.05) is 20.8 Å². The van der Waals surface area contributed by atoms with Crippen LogP contribution in [0.15, 0.2) is 23.3 Å². The summed E-state index contributed by atoms with van der Waals surface area (Å²) in [4.78, 5) is 21.4. The molecule has 0 aromatic carbocycles. The molecule has 0 aliphatic carbocycles. The monoisotopic (exact) mass is 270 g/mol. The van der Waals surface area contributed by atoms with Gasteiger partial charge in [-0.2, -0.15) is 12.6 Å². The van der Waals surface area contributed by atoms with Gasteiger partial charge < -0.3 is 4.57 Å². The fraction of sp³-hybridized carbons (Fsp3) is 0.583. The summed E-state index contributed by atoms with van der Waals surface area (Å²) in [6, 6.07) is 1.23. The number of rotatable bonds is 4. The lowest BCUT2D eigenvalue weighted by molar-refractivity contribution is -0.386. The smallest absolute Gasteiger partial charge is 0.332 e. The van der Waals surface area contributed by atoms with Crippen molar-refractivity contribution >= 4 is 18.3 Å². The highest BCUT2D eigenvalue weighted by molar-refractivity contribution is 7.80. The minimum atomic E-state index is -0.647. The fourth-order valence-electron chi connectivity index (χ4n) is 1.62. The number of nitro groups is 1. The van der Waals surface area contributed by atoms with Gasteiger partial charge in [0, 0.05) is 18.8 Å². The number of hydrogen-bond donors (Lipinski definition) is 1. The highest BCUT2D eigenvalue weighted by Gasteiger charge is 2.24. The number of aromatic nitrogens is 1. The molecule has 18 heavy (non-hydrogen) atoms. The molecule has 0 radical (unpaired) electrons. The lowest BCUT2D eigenvalue weighted by Crippen LogP contribution is -2.27. The topological polar surface area (TPSA) is 65.1 Å². The standard InChI is InChI=1S/C12H18N2O3S/c1-12(2,3)9(8-18)6-13-5-4-11(15)10(7-13)14(16)17/h4-5,7,9,18H,6,8H2,1-3H3. The van der Waals surface area contributed by atoms with Gasteiger partial charge in [0.2, 0.25) is 0 Å². The Balaban J connectivity index is 3.02. The zero-order chi connectivity index (χ0) is 13.9. The van der Waals surface area contributed by atoms with Gasteiger partial charge in [0.1, 0.15) is 0 Å². The lowest BCUT2D eigenvalue weighted by atomic mass is 9.82. The molecule has 0 aliphatic rings. The van der Waals surface area contributed by atoms with Crippen LogP contribution in [0.1, 0.15) is 20.8 Å². The van der Waals surface area contributed by atoms with E-state index in [2.05, 4.69) is 33.4 Å². The maximum Gasteiger partial charge on any atom is 0.332 e. The Hall–Kier alpha value is -1.30. The van der Waals surface area contributed by atoms with E-state index in [0.717, 1.165) is 0 Å². The molecule has 5 nitrogen and oxygen atoms in total. The first kappa shape index (κ1) is 14.8. The van der Waals surface area contributed by atoms with E-state index in [-0.39, 0.29) is 17.0 Å². The van der Waals surface area contributed by atoms with Gasteiger partial charge >= 0.3 is 5.69 Å². The molecule has 0 N–H and O–H groups in total. The molecule has 0 amide bonds. The maximum absolute atomic E-state index is 11.3. The molecule has 1 heterocycles. The van der Waals surface area contributed by atoms with Crippen molar-refractivity contribution in [2.45, 2.75) is 27.3 Å². The lowest BCUT2D eigenvalue weighted by Gasteiger charge is -2.30. The van der Waals surface area contributed by atoms with Crippen LogP contribution >= 0.6 is 12.6 Å². The summed E-state index contributed by atoms with van der Waals surface area (Å²) in [6.45, 7) is 6.91. The molecule has 6 heteroatoms. The van der Waals surface area contributed by atoms with E-state index in [1.807, 2.05) is 0 Å². The number of hydrogen-bond acceptors (Lipinski definition) is 4. The predicted molar refractivity (Wildman–Crippen MR) is 74.2 cm³/mol. The van der Waals surface area contributed by atoms with Crippen LogP contribution in [-0.2, 0) is 6.54 Å². The van der Waals surface area contributed by atoms with Gasteiger partial charge in [0.25, 0.3) is 5.43 Å². The van der Waals surface area contributed by atoms with Gasteiger partial charge in [-0.05, 0) is 17.1 Å². The Morgan fingerprint density at radius 3 is 2.56 bits per heavy atom. The second-order valence-corrected chi connectivity index (χ2v) is 5.76. The molecule has 0 aliphatic heterocycles. The minimum Gasteiger partial charge on any atom is -0.348 e. The van der Waals surface area contributed by atoms with Crippen LogP contribution in [0.2, 0.25) is 0 Å². The van der Waals surface area contributed by atoms with Crippen LogP contribution in [0.25, 0.3) is 0 Å². The average molecular weight is 270 g/mol. The zero-order valence-corrected chi connectivity index (χ0v) is 11.7. The summed E-state index contributed by atoms with van der Waals surface area (Å²) in [5.74, 6) is 0.951. The third-order valence-corrected chi connectivity index (χ3v) is 3.47. The molecule has 1 aromatic heterocycles. The number of pyridine rings is 1. The second-order valence-electron chi connectivity index (χ2n) is 5.39. The molecule has 100 valence electrons. The fourth-order valence-corrected chi connectivity index (χ4v) is 2.29. The van der Waals surface area contributed by atoms with Crippen molar-refractivity contribution < 1.29 is 4.92 Å². The van der Waals surface area contributed by atoms with Crippen molar-refractivity contribution in [1.29, 1.82) is 0 Å². The molecule has 0 bridgehead atoms. The summed E-state index contributed by atoms with van der Waals surface area (Å²) < 4.78 is 1.69. The maximum atomic E-state index is 11.3. The Kier molecular flexibility index (Phi) is 4.56. The van der Waals surface area contributed by atoms with E-state index in [4.69, 9.17) is 0 Å². The van der Waals surface area contributed by atoms with Gasteiger partial charge in [-0.25, -0.2) is 0 Å². The Morgan fingerprint density at radius 1 is 1.50 bits per heavy atom. The Labute approximate surface area is 111 Å². The van der Waals surface area contributed by atoms with Crippen LogP contribution in [0.3, 0.4) is 0 Å². The third-order valence-electron chi connectivity index (χ3n) is 3.03. The molecule has 0 fully saturated rings. The van der Waals surface area contributed by atoms with Gasteiger partial charge in [0.15, 0.2) is 0 Å². The van der Waals surface area contributed by atoms with Gasteiger partial charge in [0.05, 0.1) is 11.1 Å². The summed E-state index contributed by atoms with van der Waals surface area (Å²) in [6.07, 6.45) is 2.88. The van der Waals surface area contributed by atoms with E-state index in [1.165, 1.54) is 12.3 Å². The van der Waals surface area contributed by atoms with Crippen LogP contribution in [0.4, 0.5) is 5.69 Å². The SMILES string of the molecule is CC(C)(C)C(CS)Cn1ccc(=O)c([N+](=O)[O-])c1. The first-order valence-electron chi connectivity index (χ1n) is 5.71. The zero-order valence-electron chi connectivity index (χ0n) is 10.8. The minimum absolute atomic E-state index is 0.0552. The van der Waals surface area contributed by atoms with Gasteiger partial charge in [-0.3, -0.25) is 14.9 Å². The van der Waals surface area contributed by atoms with E-state index in [1.54, 1.807) is 10.8 Å². The number of nitrogens with zero attached hydrogens (tertiary/aromatic N) is 2. The van der Waals surface area contributed by atoms with Crippen molar-refractivity contribution in [2.24, 2.45) is 11.3 Å². The summed E-state index contributed by atoms with van der Waals surface area (Å²) in [5.41, 5.74) is -0.890. The Bertz CT molecular complexity index is 491. The quantitative estimate of drug-likeness (QED) is 0.519. The largest absolute Gasteiger partial charge is 0.348 e. The first-order valence-corrected chi connectivity index (χ1v) is 6.34. The average Bonchev–Trinajstić information content (AvgIpc) is 2.25. The molecule has 1 unspecified atom stereocenters. The summed E-state index contributed by atoms with van der Waals surface area (Å²) in [7, 11) is 0. The van der Waals surface area contributed by atoms with E-state index >= 15 is 0 Å². The van der Waals surface area contributed by atoms with Gasteiger partial charge in [-0.15, -0.1) is 0 Å². The second kappa shape index (κ2) is 5.56. The van der Waals surface area contributed by atoms with Crippen LogP contribution < -0.4 is 5.43 Å². The van der Waals surface area contributed by atoms with Crippen LogP contribution in [0.5, 0.6) is 0 Å². The van der Waals surface area contributed by atoms with Crippen molar-refractivity contribution in [3.05, 3.63) is 38.8 Å². The third kappa shape index (κ3) is 3.60. The molecular weight excluding hydrogens is 252 g/mol. The van der Waals surface area contributed by atoms with Crippen LogP contribution in [0, 0.1) is 21.4 Å². The van der Waals surface area contributed by atoms with E-state index in [0.29, 0.717) is 12.3 Å². The molecule has 0 spiro atoms. The highest BCUT2D eigenvalue weighted by atomic mass is 32.1. The summed E-state index contributed by atoms with van der Waals surface area (Å²) in [5, 5.41) is 10.7. The summed E-state index contributed by atoms with van der Waals surface area (Å²) >= 11 is 4.32. The van der Waals surface area contributed by atoms with Crippen molar-refractivity contribution in [1.82, 2.24) is 4.57 Å². The van der Waals surface area contributed by atoms with Crippen LogP contribution in [-0.4, -0.2) is 15.2 Å². The van der Waals surface area contributed by atoms with Crippen molar-refractivity contribution in [3.8, 4) is 0 Å². The van der Waals surface area contributed by atoms with E-state index < -0.39 is 10.4 Å². The molecule has 1 atom stereocenters. The number of thiol groups is 1. The Morgan fingerprint density at radius 2 is 2.11 bits per heavy atom. The van der Waals surface area contributed by atoms with E-state index in [9.17, 15) is 14.9 Å². The molecular formula is C12H18N2O3S.